The maximum absolute atomic E-state index is 11.5. The zero-order chi connectivity index (χ0) is 34.7. The van der Waals surface area contributed by atoms with Gasteiger partial charge in [0.25, 0.3) is 10.1 Å². The summed E-state index contributed by atoms with van der Waals surface area (Å²) < 4.78 is 32.5. The van der Waals surface area contributed by atoms with E-state index in [1.165, 1.54) is 94.8 Å². The van der Waals surface area contributed by atoms with Gasteiger partial charge < -0.3 is 19.6 Å². The summed E-state index contributed by atoms with van der Waals surface area (Å²) in [6, 6.07) is 33.1. The Morgan fingerprint density at radius 1 is 0.760 bits per heavy atom. The van der Waals surface area contributed by atoms with Crippen LogP contribution in [0.1, 0.15) is 99.8 Å². The second kappa shape index (κ2) is 19.5. The van der Waals surface area contributed by atoms with Gasteiger partial charge in [-0.25, -0.2) is 0 Å². The van der Waals surface area contributed by atoms with Crippen LogP contribution in [0.15, 0.2) is 91.0 Å². The lowest BCUT2D eigenvalue weighted by molar-refractivity contribution is -0.0510. The Hall–Kier alpha value is -2.30. The summed E-state index contributed by atoms with van der Waals surface area (Å²) in [5.41, 5.74) is 3.02. The third-order valence-corrected chi connectivity index (χ3v) is 11.2. The van der Waals surface area contributed by atoms with Gasteiger partial charge in [-0.05, 0) is 101 Å². The fourth-order valence-corrected chi connectivity index (χ4v) is 8.50. The van der Waals surface area contributed by atoms with Crippen molar-refractivity contribution >= 4 is 22.5 Å². The number of likely N-dealkylation sites (tertiary alicyclic amines) is 1. The molecule has 3 aromatic rings. The Kier molecular flexibility index (Phi) is 15.8. The summed E-state index contributed by atoms with van der Waals surface area (Å²) in [5, 5.41) is 11.5. The van der Waals surface area contributed by atoms with Crippen LogP contribution < -0.4 is 0 Å². The van der Waals surface area contributed by atoms with Crippen LogP contribution in [0, 0.1) is 5.92 Å². The largest absolute Gasteiger partial charge is 0.385 e. The van der Waals surface area contributed by atoms with E-state index in [0.717, 1.165) is 18.5 Å². The molecule has 3 saturated heterocycles. The molecule has 0 radical (unpaired) electrons. The summed E-state index contributed by atoms with van der Waals surface area (Å²) in [7, 11) is -1.38. The van der Waals surface area contributed by atoms with Crippen molar-refractivity contribution in [3.63, 3.8) is 0 Å². The number of hydrogen-bond donors (Lipinski definition) is 2. The van der Waals surface area contributed by atoms with Crippen molar-refractivity contribution in [2.45, 2.75) is 107 Å². The topological polar surface area (TPSA) is 90.3 Å². The van der Waals surface area contributed by atoms with E-state index in [-0.39, 0.29) is 18.5 Å². The summed E-state index contributed by atoms with van der Waals surface area (Å²) in [6.07, 6.45) is 16.0. The van der Waals surface area contributed by atoms with Gasteiger partial charge in [-0.2, -0.15) is 8.42 Å². The SMILES string of the molecule is CN1[C@@H]2CC[C@H]1C[C@@H](OC(c1ccccc1)c1ccccc1)C2.CS(=O)(=O)O.Cl.OC(CCN1CCCC1)(c1ccccc1)C1CCCCC1. The summed E-state index contributed by atoms with van der Waals surface area (Å²) >= 11 is 0. The van der Waals surface area contributed by atoms with E-state index >= 15 is 0 Å². The van der Waals surface area contributed by atoms with Crippen LogP contribution in [0.25, 0.3) is 0 Å². The molecule has 3 heterocycles. The van der Waals surface area contributed by atoms with E-state index in [2.05, 4.69) is 102 Å². The van der Waals surface area contributed by atoms with Gasteiger partial charge in [0.2, 0.25) is 0 Å². The molecule has 7 nitrogen and oxygen atoms in total. The Labute approximate surface area is 307 Å². The van der Waals surface area contributed by atoms with E-state index in [4.69, 9.17) is 9.29 Å². The predicted octanol–water partition coefficient (Wildman–Crippen LogP) is 8.28. The Balaban J connectivity index is 0.000000196. The molecule has 1 unspecified atom stereocenters. The molecular formula is C41H59ClN2O5S. The van der Waals surface area contributed by atoms with E-state index in [0.29, 0.717) is 30.4 Å². The van der Waals surface area contributed by atoms with Crippen LogP contribution in [-0.2, 0) is 20.5 Å². The van der Waals surface area contributed by atoms with Gasteiger partial charge in [0.15, 0.2) is 0 Å². The van der Waals surface area contributed by atoms with Crippen molar-refractivity contribution < 1.29 is 22.8 Å². The van der Waals surface area contributed by atoms with Crippen LogP contribution in [0.4, 0.5) is 0 Å². The van der Waals surface area contributed by atoms with E-state index < -0.39 is 15.7 Å². The van der Waals surface area contributed by atoms with E-state index in [1.807, 2.05) is 6.07 Å². The van der Waals surface area contributed by atoms with Crippen LogP contribution in [-0.4, -0.2) is 79.0 Å². The number of nitrogens with zero attached hydrogens (tertiary/aromatic N) is 2. The minimum Gasteiger partial charge on any atom is -0.385 e. The van der Waals surface area contributed by atoms with Gasteiger partial charge in [0, 0.05) is 18.6 Å². The standard InChI is InChI=1S/C21H25NO.C19H29NO.CH4O3S.ClH/c1-22-18-12-13-19(22)15-20(14-18)23-21(16-8-4-2-5-9-16)17-10-6-3-7-11-17;21-19(17-9-3-1-4-10-17,18-11-5-2-6-12-18)13-16-20-14-7-8-15-20;1-5(2,3)4;/h2-11,18-21H,12-15H2,1H3;1,3-4,9-10,18,21H,2,5-8,11-16H2;1H3,(H,2,3,4);1H/t18-,19+,20+;;;. The number of fused-ring (bicyclic) bond motifs is 2. The first-order valence-corrected chi connectivity index (χ1v) is 20.3. The van der Waals surface area contributed by atoms with Crippen molar-refractivity contribution in [3.05, 3.63) is 108 Å². The second-order valence-electron chi connectivity index (χ2n) is 14.6. The van der Waals surface area contributed by atoms with Crippen LogP contribution in [0.2, 0.25) is 0 Å². The molecule has 7 rings (SSSR count). The minimum atomic E-state index is -3.67. The first kappa shape index (κ1) is 40.5. The van der Waals surface area contributed by atoms with Crippen molar-refractivity contribution in [2.24, 2.45) is 5.92 Å². The molecule has 276 valence electrons. The molecule has 9 heteroatoms. The zero-order valence-electron chi connectivity index (χ0n) is 30.0. The van der Waals surface area contributed by atoms with Crippen LogP contribution in [0.3, 0.4) is 0 Å². The fourth-order valence-electron chi connectivity index (χ4n) is 8.50. The lowest BCUT2D eigenvalue weighted by atomic mass is 9.71. The lowest BCUT2D eigenvalue weighted by Gasteiger charge is -2.40. The van der Waals surface area contributed by atoms with Crippen LogP contribution >= 0.6 is 12.4 Å². The average molecular weight is 727 g/mol. The molecule has 3 aromatic carbocycles. The molecule has 4 fully saturated rings. The molecule has 4 aliphatic rings. The molecule has 0 spiro atoms. The van der Waals surface area contributed by atoms with Crippen molar-refractivity contribution in [2.75, 3.05) is 32.9 Å². The number of piperidine rings is 1. The number of halogens is 1. The Morgan fingerprint density at radius 2 is 1.22 bits per heavy atom. The van der Waals surface area contributed by atoms with Gasteiger partial charge in [0.1, 0.15) is 6.10 Å². The van der Waals surface area contributed by atoms with E-state index in [9.17, 15) is 13.5 Å². The predicted molar refractivity (Wildman–Crippen MR) is 205 cm³/mol. The minimum absolute atomic E-state index is 0. The number of aliphatic hydroxyl groups is 1. The number of hydrogen-bond acceptors (Lipinski definition) is 6. The van der Waals surface area contributed by atoms with Crippen molar-refractivity contribution in [1.29, 1.82) is 0 Å². The van der Waals surface area contributed by atoms with Crippen molar-refractivity contribution in [3.8, 4) is 0 Å². The monoisotopic (exact) mass is 726 g/mol. The summed E-state index contributed by atoms with van der Waals surface area (Å²) in [5.74, 6) is 0.441. The van der Waals surface area contributed by atoms with Gasteiger partial charge in [-0.1, -0.05) is 110 Å². The maximum Gasteiger partial charge on any atom is 0.261 e. The van der Waals surface area contributed by atoms with Crippen LogP contribution in [0.5, 0.6) is 0 Å². The molecule has 3 aliphatic heterocycles. The van der Waals surface area contributed by atoms with Crippen molar-refractivity contribution in [1.82, 2.24) is 9.80 Å². The molecule has 1 saturated carbocycles. The Bertz CT molecular complexity index is 1430. The highest BCUT2D eigenvalue weighted by atomic mass is 35.5. The maximum atomic E-state index is 11.5. The highest BCUT2D eigenvalue weighted by molar-refractivity contribution is 7.85. The smallest absolute Gasteiger partial charge is 0.261 e. The van der Waals surface area contributed by atoms with Gasteiger partial charge in [0.05, 0.1) is 18.0 Å². The van der Waals surface area contributed by atoms with E-state index in [1.54, 1.807) is 0 Å². The highest BCUT2D eigenvalue weighted by Gasteiger charge is 2.40. The van der Waals surface area contributed by atoms with Gasteiger partial charge in [-0.15, -0.1) is 12.4 Å². The fraction of sp³-hybridized carbons (Fsp3) is 0.561. The molecule has 0 amide bonds. The molecule has 4 atom stereocenters. The second-order valence-corrected chi connectivity index (χ2v) is 16.1. The molecule has 0 aromatic heterocycles. The third kappa shape index (κ3) is 11.9. The lowest BCUT2D eigenvalue weighted by Crippen LogP contribution is -2.43. The Morgan fingerprint density at radius 3 is 1.70 bits per heavy atom. The first-order chi connectivity index (χ1) is 23.6. The number of ether oxygens (including phenoxy) is 1. The molecule has 2 bridgehead atoms. The van der Waals surface area contributed by atoms with Gasteiger partial charge >= 0.3 is 0 Å². The highest BCUT2D eigenvalue weighted by Crippen LogP contribution is 2.42. The zero-order valence-corrected chi connectivity index (χ0v) is 31.6. The first-order valence-electron chi connectivity index (χ1n) is 18.5. The number of rotatable bonds is 9. The third-order valence-electron chi connectivity index (χ3n) is 11.2. The molecule has 1 aliphatic carbocycles. The quantitative estimate of drug-likeness (QED) is 0.215. The summed E-state index contributed by atoms with van der Waals surface area (Å²) in [6.45, 7) is 3.48. The molecule has 50 heavy (non-hydrogen) atoms. The molecule has 2 N–H and O–H groups in total. The average Bonchev–Trinajstić information content (AvgIpc) is 3.70. The number of benzene rings is 3. The normalized spacial score (nSPS) is 23.9. The summed E-state index contributed by atoms with van der Waals surface area (Å²) in [4.78, 5) is 5.09. The molecular weight excluding hydrogens is 668 g/mol. The van der Waals surface area contributed by atoms with Gasteiger partial charge in [-0.3, -0.25) is 4.55 Å².